The predicted octanol–water partition coefficient (Wildman–Crippen LogP) is 6.75. The maximum Gasteiger partial charge on any atom is 0.407 e. The molecule has 0 saturated carbocycles. The smallest absolute Gasteiger partial charge is 0.407 e. The number of aromatic hydroxyl groups is 2. The number of benzene rings is 4. The first-order valence-corrected chi connectivity index (χ1v) is 20.1. The van der Waals surface area contributed by atoms with Crippen molar-refractivity contribution in [2.75, 3.05) is 62.3 Å². The lowest BCUT2D eigenvalue weighted by atomic mass is 10.1. The molecule has 0 spiro atoms. The summed E-state index contributed by atoms with van der Waals surface area (Å²) in [7, 11) is 0. The molecule has 9 rings (SSSR count). The topological polar surface area (TPSA) is 172 Å². The second-order valence-electron chi connectivity index (χ2n) is 15.5. The van der Waals surface area contributed by atoms with Crippen molar-refractivity contribution in [3.8, 4) is 34.3 Å². The van der Waals surface area contributed by atoms with Crippen molar-refractivity contribution in [2.24, 2.45) is 17.6 Å². The molecule has 13 nitrogen and oxygen atoms in total. The summed E-state index contributed by atoms with van der Waals surface area (Å²) in [4.78, 5) is 35.8. The number of anilines is 2. The molecule has 0 aliphatic carbocycles. The molecule has 6 aromatic rings. The lowest BCUT2D eigenvalue weighted by molar-refractivity contribution is 0.0825. The van der Waals surface area contributed by atoms with Gasteiger partial charge in [0, 0.05) is 49.9 Å². The number of ether oxygens (including phenoxy) is 2. The number of rotatable bonds is 8. The molecule has 0 unspecified atom stereocenters. The summed E-state index contributed by atoms with van der Waals surface area (Å²) in [5.74, 6) is 4.00. The van der Waals surface area contributed by atoms with Crippen LogP contribution in [-0.2, 0) is 9.47 Å². The molecule has 58 heavy (non-hydrogen) atoms. The van der Waals surface area contributed by atoms with Crippen LogP contribution >= 0.6 is 0 Å². The van der Waals surface area contributed by atoms with Crippen LogP contribution in [0.15, 0.2) is 84.9 Å². The number of nitrogens with one attached hydrogen (secondary N) is 1. The monoisotopic (exact) mass is 782 g/mol. The largest absolute Gasteiger partial charge is 0.507 e. The first-order chi connectivity index (χ1) is 28.2. The van der Waals surface area contributed by atoms with E-state index in [4.69, 9.17) is 35.1 Å². The van der Waals surface area contributed by atoms with E-state index in [2.05, 4.69) is 52.4 Å². The predicted molar refractivity (Wildman–Crippen MR) is 226 cm³/mol. The summed E-state index contributed by atoms with van der Waals surface area (Å²) in [5, 5.41) is 25.5. The van der Waals surface area contributed by atoms with Crippen molar-refractivity contribution < 1.29 is 24.5 Å². The SMILES string of the molecule is Cc1ccc2c(N3CC[C@H](CN)C3)nc(-c3ccccc3O)nc2c1.Cc1ccc2c(N3CC[C@H](CNC(=O)O[C@@H]4CCOC4)C3)nc(-c3ccccc3O)nc2c1. The van der Waals surface area contributed by atoms with Crippen LogP contribution < -0.4 is 20.9 Å². The Morgan fingerprint density at radius 2 is 1.29 bits per heavy atom. The number of aromatic nitrogens is 4. The average Bonchev–Trinajstić information content (AvgIpc) is 4.03. The number of nitrogens with two attached hydrogens (primary N) is 1. The fourth-order valence-corrected chi connectivity index (χ4v) is 7.93. The lowest BCUT2D eigenvalue weighted by Crippen LogP contribution is -2.34. The fraction of sp³-hybridized carbons (Fsp3) is 0.356. The van der Waals surface area contributed by atoms with Crippen LogP contribution in [0.25, 0.3) is 44.6 Å². The third-order valence-corrected chi connectivity index (χ3v) is 11.2. The molecule has 5 N–H and O–H groups in total. The number of amides is 1. The molecule has 0 radical (unpaired) electrons. The highest BCUT2D eigenvalue weighted by Crippen LogP contribution is 2.35. The number of hydrogen-bond donors (Lipinski definition) is 4. The number of phenols is 2. The van der Waals surface area contributed by atoms with Crippen LogP contribution in [0.5, 0.6) is 11.5 Å². The van der Waals surface area contributed by atoms with E-state index in [1.54, 1.807) is 24.3 Å². The summed E-state index contributed by atoms with van der Waals surface area (Å²) < 4.78 is 10.6. The maximum atomic E-state index is 12.1. The number of aryl methyl sites for hydroxylation is 2. The van der Waals surface area contributed by atoms with Crippen LogP contribution in [0.1, 0.15) is 30.4 Å². The Balaban J connectivity index is 0.000000168. The summed E-state index contributed by atoms with van der Waals surface area (Å²) in [6.45, 7) is 9.93. The van der Waals surface area contributed by atoms with Crippen LogP contribution in [0.4, 0.5) is 16.4 Å². The van der Waals surface area contributed by atoms with Gasteiger partial charge in [-0.3, -0.25) is 0 Å². The normalized spacial score (nSPS) is 19.1. The van der Waals surface area contributed by atoms with E-state index in [-0.39, 0.29) is 23.7 Å². The lowest BCUT2D eigenvalue weighted by Gasteiger charge is -2.21. The van der Waals surface area contributed by atoms with E-state index in [0.717, 1.165) is 90.0 Å². The van der Waals surface area contributed by atoms with Gasteiger partial charge >= 0.3 is 6.09 Å². The standard InChI is InChI=1S/C25H28N4O4.C20H22N4O/c1-16-6-7-19-21(12-16)27-23(20-4-2-3-5-22(20)30)28-24(19)29-10-8-17(14-29)13-26-25(31)33-18-9-11-32-15-18;1-13-6-7-15-17(10-13)22-19(16-4-2-3-5-18(16)25)23-20(15)24-9-8-14(11-21)12-24/h2-7,12,17-18,30H,8-11,13-15H2,1H3,(H,26,31);2-7,10,14,25H,8-9,11-12,21H2,1H3/t17-,18-;14-/m11/s1. The van der Waals surface area contributed by atoms with Crippen molar-refractivity contribution in [3.05, 3.63) is 96.1 Å². The number of carbonyl (C=O) groups is 1. The third-order valence-electron chi connectivity index (χ3n) is 11.2. The summed E-state index contributed by atoms with van der Waals surface area (Å²) in [6, 6.07) is 26.7. The van der Waals surface area contributed by atoms with Gasteiger partial charge in [-0.25, -0.2) is 24.7 Å². The summed E-state index contributed by atoms with van der Waals surface area (Å²) in [5.41, 5.74) is 11.1. The average molecular weight is 783 g/mol. The molecule has 3 aliphatic heterocycles. The van der Waals surface area contributed by atoms with Gasteiger partial charge in [-0.15, -0.1) is 0 Å². The Hall–Kier alpha value is -6.05. The summed E-state index contributed by atoms with van der Waals surface area (Å²) in [6.07, 6.45) is 2.25. The number of carbonyl (C=O) groups excluding carboxylic acids is 1. The number of phenolic OH excluding ortho intramolecular Hbond substituents is 2. The Bertz CT molecular complexity index is 2420. The van der Waals surface area contributed by atoms with E-state index < -0.39 is 0 Å². The highest BCUT2D eigenvalue weighted by atomic mass is 16.6. The number of hydrogen-bond acceptors (Lipinski definition) is 12. The van der Waals surface area contributed by atoms with Crippen LogP contribution in [0, 0.1) is 25.7 Å². The minimum atomic E-state index is -0.381. The van der Waals surface area contributed by atoms with E-state index >= 15 is 0 Å². The Kier molecular flexibility index (Phi) is 11.5. The fourth-order valence-electron chi connectivity index (χ4n) is 7.93. The molecular formula is C45H50N8O5. The highest BCUT2D eigenvalue weighted by Gasteiger charge is 2.28. The molecule has 4 aromatic carbocycles. The number of para-hydroxylation sites is 2. The van der Waals surface area contributed by atoms with Crippen LogP contribution in [0.2, 0.25) is 0 Å². The zero-order valence-electron chi connectivity index (χ0n) is 33.0. The number of fused-ring (bicyclic) bond motifs is 2. The van der Waals surface area contributed by atoms with Crippen molar-refractivity contribution in [1.29, 1.82) is 0 Å². The second-order valence-corrected chi connectivity index (χ2v) is 15.5. The van der Waals surface area contributed by atoms with E-state index in [1.165, 1.54) is 0 Å². The molecule has 3 saturated heterocycles. The third kappa shape index (κ3) is 8.60. The van der Waals surface area contributed by atoms with Crippen molar-refractivity contribution in [3.63, 3.8) is 0 Å². The van der Waals surface area contributed by atoms with Gasteiger partial charge in [0.1, 0.15) is 29.2 Å². The molecule has 0 bridgehead atoms. The van der Waals surface area contributed by atoms with Crippen molar-refractivity contribution in [2.45, 2.75) is 39.2 Å². The van der Waals surface area contributed by atoms with Crippen LogP contribution in [-0.4, -0.2) is 94.8 Å². The number of nitrogens with zero attached hydrogens (tertiary/aromatic N) is 6. The zero-order chi connectivity index (χ0) is 40.2. The number of alkyl carbamates (subject to hydrolysis) is 1. The zero-order valence-corrected chi connectivity index (χ0v) is 33.0. The molecule has 3 fully saturated rings. The Labute approximate surface area is 337 Å². The van der Waals surface area contributed by atoms with Crippen molar-refractivity contribution in [1.82, 2.24) is 25.3 Å². The molecular weight excluding hydrogens is 733 g/mol. The van der Waals surface area contributed by atoms with Gasteiger partial charge in [-0.1, -0.05) is 36.4 Å². The molecule has 3 atom stereocenters. The molecule has 13 heteroatoms. The molecule has 1 amide bonds. The first kappa shape index (κ1) is 38.8. The maximum absolute atomic E-state index is 12.1. The minimum absolute atomic E-state index is 0.145. The van der Waals surface area contributed by atoms with Gasteiger partial charge in [0.25, 0.3) is 0 Å². The highest BCUT2D eigenvalue weighted by molar-refractivity contribution is 5.93. The van der Waals surface area contributed by atoms with Gasteiger partial charge in [0.15, 0.2) is 11.6 Å². The molecule has 5 heterocycles. The molecule has 3 aliphatic rings. The van der Waals surface area contributed by atoms with Gasteiger partial charge in [0.05, 0.1) is 35.4 Å². The van der Waals surface area contributed by atoms with Gasteiger partial charge < -0.3 is 40.5 Å². The van der Waals surface area contributed by atoms with E-state index in [1.807, 2.05) is 37.3 Å². The minimum Gasteiger partial charge on any atom is -0.507 e. The van der Waals surface area contributed by atoms with Gasteiger partial charge in [-0.2, -0.15) is 0 Å². The molecule has 300 valence electrons. The van der Waals surface area contributed by atoms with E-state index in [9.17, 15) is 15.0 Å². The second kappa shape index (κ2) is 17.2. The molecule has 2 aromatic heterocycles. The van der Waals surface area contributed by atoms with Gasteiger partial charge in [-0.05, 0) is 105 Å². The van der Waals surface area contributed by atoms with Crippen LogP contribution in [0.3, 0.4) is 0 Å². The van der Waals surface area contributed by atoms with Crippen molar-refractivity contribution >= 4 is 39.5 Å². The van der Waals surface area contributed by atoms with E-state index in [0.29, 0.717) is 60.9 Å². The first-order valence-electron chi connectivity index (χ1n) is 20.1. The Morgan fingerprint density at radius 3 is 1.79 bits per heavy atom. The summed E-state index contributed by atoms with van der Waals surface area (Å²) >= 11 is 0. The quantitative estimate of drug-likeness (QED) is 0.128. The Morgan fingerprint density at radius 1 is 0.759 bits per heavy atom. The van der Waals surface area contributed by atoms with Gasteiger partial charge in [0.2, 0.25) is 0 Å².